The molecular weight excluding hydrogens is 304 g/mol. The van der Waals surface area contributed by atoms with Gasteiger partial charge in [0, 0.05) is 6.08 Å². The molecule has 2 rings (SSSR count). The van der Waals surface area contributed by atoms with E-state index >= 15 is 0 Å². The molecule has 0 spiro atoms. The molecule has 0 saturated heterocycles. The summed E-state index contributed by atoms with van der Waals surface area (Å²) in [4.78, 5) is 33.4. The highest BCUT2D eigenvalue weighted by Gasteiger charge is 2.55. The van der Waals surface area contributed by atoms with E-state index in [1.807, 2.05) is 0 Å². The van der Waals surface area contributed by atoms with Gasteiger partial charge >= 0.3 is 5.97 Å². The molecule has 4 nitrogen and oxygen atoms in total. The Morgan fingerprint density at radius 2 is 2.00 bits per heavy atom. The molecule has 2 aliphatic rings. The lowest BCUT2D eigenvalue weighted by Crippen LogP contribution is -2.46. The van der Waals surface area contributed by atoms with E-state index in [2.05, 4.69) is 27.7 Å². The van der Waals surface area contributed by atoms with Crippen molar-refractivity contribution in [1.29, 1.82) is 0 Å². The molecule has 0 radical (unpaired) electrons. The van der Waals surface area contributed by atoms with Gasteiger partial charge in [0.15, 0.2) is 0 Å². The summed E-state index contributed by atoms with van der Waals surface area (Å²) in [6, 6.07) is 0. The van der Waals surface area contributed by atoms with Gasteiger partial charge in [-0.15, -0.1) is 0 Å². The second kappa shape index (κ2) is 6.66. The lowest BCUT2D eigenvalue weighted by atomic mass is 9.50. The molecule has 4 heteroatoms. The zero-order chi connectivity index (χ0) is 18.1. The monoisotopic (exact) mass is 332 g/mol. The number of carbonyl (C=O) groups is 3. The number of carboxylic acids is 1. The van der Waals surface area contributed by atoms with Crippen LogP contribution in [0.4, 0.5) is 0 Å². The predicted molar refractivity (Wildman–Crippen MR) is 92.5 cm³/mol. The van der Waals surface area contributed by atoms with Gasteiger partial charge in [0.1, 0.15) is 12.6 Å². The van der Waals surface area contributed by atoms with Crippen LogP contribution in [-0.4, -0.2) is 23.6 Å². The number of fused-ring (bicyclic) bond motifs is 1. The Bertz CT molecular complexity index is 615. The Morgan fingerprint density at radius 1 is 1.33 bits per heavy atom. The molecule has 2 aliphatic carbocycles. The lowest BCUT2D eigenvalue weighted by Gasteiger charge is -2.54. The fourth-order valence-corrected chi connectivity index (χ4v) is 5.03. The standard InChI is InChI=1S/C20H28O4/c1-13-5-7-20(4)14(2)16(12-22)10-17(20)19(13,3)8-6-15(11-21)9-18(23)24/h9,11-13,17H,5-8,10H2,1-4H3,(H,23,24)/t13-,17-,19+,20+/m1/s1. The third-order valence-corrected chi connectivity index (χ3v) is 7.10. The van der Waals surface area contributed by atoms with Crippen LogP contribution in [0, 0.1) is 22.7 Å². The van der Waals surface area contributed by atoms with Crippen LogP contribution in [0.1, 0.15) is 59.8 Å². The third kappa shape index (κ3) is 2.99. The predicted octanol–water partition coefficient (Wildman–Crippen LogP) is 3.95. The fraction of sp³-hybridized carbons (Fsp3) is 0.650. The van der Waals surface area contributed by atoms with Crippen LogP contribution in [0.3, 0.4) is 0 Å². The fourth-order valence-electron chi connectivity index (χ4n) is 5.03. The highest BCUT2D eigenvalue weighted by atomic mass is 16.4. The molecular formula is C20H28O4. The molecule has 0 aromatic rings. The first kappa shape index (κ1) is 18.6. The number of aldehydes is 2. The van der Waals surface area contributed by atoms with Crippen LogP contribution in [0.5, 0.6) is 0 Å². The second-order valence-electron chi connectivity index (χ2n) is 8.06. The van der Waals surface area contributed by atoms with Crippen molar-refractivity contribution >= 4 is 18.5 Å². The van der Waals surface area contributed by atoms with E-state index in [-0.39, 0.29) is 10.8 Å². The Labute approximate surface area is 144 Å². The van der Waals surface area contributed by atoms with Crippen LogP contribution in [0.25, 0.3) is 0 Å². The van der Waals surface area contributed by atoms with Gasteiger partial charge in [-0.2, -0.15) is 0 Å². The van der Waals surface area contributed by atoms with Crippen molar-refractivity contribution in [1.82, 2.24) is 0 Å². The van der Waals surface area contributed by atoms with Crippen molar-refractivity contribution < 1.29 is 19.5 Å². The van der Waals surface area contributed by atoms with Gasteiger partial charge < -0.3 is 5.11 Å². The van der Waals surface area contributed by atoms with E-state index in [1.165, 1.54) is 5.57 Å². The van der Waals surface area contributed by atoms with Crippen molar-refractivity contribution in [3.8, 4) is 0 Å². The number of carboxylic acid groups (broad SMARTS) is 1. The number of hydrogen-bond donors (Lipinski definition) is 1. The van der Waals surface area contributed by atoms with Gasteiger partial charge in [-0.05, 0) is 72.8 Å². The maximum Gasteiger partial charge on any atom is 0.328 e. The van der Waals surface area contributed by atoms with Crippen LogP contribution >= 0.6 is 0 Å². The molecule has 0 amide bonds. The first-order chi connectivity index (χ1) is 11.2. The highest BCUT2D eigenvalue weighted by Crippen LogP contribution is 2.64. The molecule has 0 aliphatic heterocycles. The molecule has 1 saturated carbocycles. The third-order valence-electron chi connectivity index (χ3n) is 7.10. The van der Waals surface area contributed by atoms with Crippen molar-refractivity contribution in [3.63, 3.8) is 0 Å². The van der Waals surface area contributed by atoms with Gasteiger partial charge in [-0.25, -0.2) is 4.79 Å². The first-order valence-corrected chi connectivity index (χ1v) is 8.73. The Kier molecular flexibility index (Phi) is 5.17. The average molecular weight is 332 g/mol. The number of rotatable bonds is 6. The van der Waals surface area contributed by atoms with Crippen molar-refractivity contribution in [2.45, 2.75) is 59.8 Å². The van der Waals surface area contributed by atoms with Gasteiger partial charge in [0.25, 0.3) is 0 Å². The zero-order valence-electron chi connectivity index (χ0n) is 15.1. The summed E-state index contributed by atoms with van der Waals surface area (Å²) in [5, 5.41) is 8.88. The molecule has 0 unspecified atom stereocenters. The number of allylic oxidation sites excluding steroid dienone is 3. The SMILES string of the molecule is CC1=C(C=O)C[C@@H]2[C@@](C)(CCC(C=O)=CC(=O)O)[C@H](C)CC[C@@]12C. The van der Waals surface area contributed by atoms with Crippen LogP contribution < -0.4 is 0 Å². The summed E-state index contributed by atoms with van der Waals surface area (Å²) in [5.41, 5.74) is 2.51. The summed E-state index contributed by atoms with van der Waals surface area (Å²) in [7, 11) is 0. The van der Waals surface area contributed by atoms with Gasteiger partial charge in [-0.3, -0.25) is 9.59 Å². The second-order valence-corrected chi connectivity index (χ2v) is 8.06. The van der Waals surface area contributed by atoms with Gasteiger partial charge in [0.2, 0.25) is 0 Å². The van der Waals surface area contributed by atoms with Crippen molar-refractivity contribution in [3.05, 3.63) is 22.8 Å². The molecule has 0 bridgehead atoms. The average Bonchev–Trinajstić information content (AvgIpc) is 2.80. The van der Waals surface area contributed by atoms with E-state index in [1.54, 1.807) is 0 Å². The molecule has 132 valence electrons. The molecule has 0 heterocycles. The summed E-state index contributed by atoms with van der Waals surface area (Å²) in [5.74, 6) is -0.232. The number of aliphatic carboxylic acids is 1. The molecule has 0 aromatic carbocycles. The smallest absolute Gasteiger partial charge is 0.328 e. The van der Waals surface area contributed by atoms with E-state index in [4.69, 9.17) is 5.11 Å². The summed E-state index contributed by atoms with van der Waals surface area (Å²) < 4.78 is 0. The largest absolute Gasteiger partial charge is 0.478 e. The molecule has 24 heavy (non-hydrogen) atoms. The van der Waals surface area contributed by atoms with Gasteiger partial charge in [-0.1, -0.05) is 26.3 Å². The first-order valence-electron chi connectivity index (χ1n) is 8.73. The molecule has 1 N–H and O–H groups in total. The number of carbonyl (C=O) groups excluding carboxylic acids is 2. The Hall–Kier alpha value is -1.71. The maximum atomic E-state index is 11.5. The highest BCUT2D eigenvalue weighted by molar-refractivity contribution is 5.88. The van der Waals surface area contributed by atoms with Crippen LogP contribution in [0.2, 0.25) is 0 Å². The molecule has 1 fully saturated rings. The number of hydrogen-bond acceptors (Lipinski definition) is 3. The minimum absolute atomic E-state index is 0.0143. The van der Waals surface area contributed by atoms with E-state index in [0.29, 0.717) is 30.1 Å². The van der Waals surface area contributed by atoms with Gasteiger partial charge in [0.05, 0.1) is 0 Å². The maximum absolute atomic E-state index is 11.5. The molecule has 4 atom stereocenters. The Balaban J connectivity index is 2.28. The van der Waals surface area contributed by atoms with E-state index < -0.39 is 5.97 Å². The van der Waals surface area contributed by atoms with E-state index in [9.17, 15) is 14.4 Å². The summed E-state index contributed by atoms with van der Waals surface area (Å²) >= 11 is 0. The Morgan fingerprint density at radius 3 is 2.54 bits per heavy atom. The minimum Gasteiger partial charge on any atom is -0.478 e. The van der Waals surface area contributed by atoms with Crippen molar-refractivity contribution in [2.24, 2.45) is 22.7 Å². The molecule has 0 aromatic heterocycles. The van der Waals surface area contributed by atoms with E-state index in [0.717, 1.165) is 43.6 Å². The van der Waals surface area contributed by atoms with Crippen molar-refractivity contribution in [2.75, 3.05) is 0 Å². The lowest BCUT2D eigenvalue weighted by molar-refractivity contribution is -0.131. The minimum atomic E-state index is -1.08. The topological polar surface area (TPSA) is 71.4 Å². The normalized spacial score (nSPS) is 36.4. The van der Waals surface area contributed by atoms with Crippen LogP contribution in [-0.2, 0) is 14.4 Å². The van der Waals surface area contributed by atoms with Crippen LogP contribution in [0.15, 0.2) is 22.8 Å². The zero-order valence-corrected chi connectivity index (χ0v) is 15.1. The summed E-state index contributed by atoms with van der Waals surface area (Å²) in [6.07, 6.45) is 6.88. The quantitative estimate of drug-likeness (QED) is 0.590. The summed E-state index contributed by atoms with van der Waals surface area (Å²) in [6.45, 7) is 8.85.